The van der Waals surface area contributed by atoms with Gasteiger partial charge in [0, 0.05) is 15.7 Å². The van der Waals surface area contributed by atoms with Crippen molar-refractivity contribution in [2.45, 2.75) is 26.9 Å². The molecule has 1 N–H and O–H groups in total. The van der Waals surface area contributed by atoms with E-state index in [1.165, 1.54) is 6.92 Å². The van der Waals surface area contributed by atoms with Crippen molar-refractivity contribution in [3.05, 3.63) is 63.1 Å². The number of ether oxygens (including phenoxy) is 1. The maximum atomic E-state index is 12.2. The van der Waals surface area contributed by atoms with Gasteiger partial charge in [0.2, 0.25) is 0 Å². The second-order valence-corrected chi connectivity index (χ2v) is 6.39. The monoisotopic (exact) mass is 365 g/mol. The zero-order valence-corrected chi connectivity index (χ0v) is 15.0. The highest BCUT2D eigenvalue weighted by molar-refractivity contribution is 6.35. The predicted octanol–water partition coefficient (Wildman–Crippen LogP) is 4.79. The Kier molecular flexibility index (Phi) is 5.86. The summed E-state index contributed by atoms with van der Waals surface area (Å²) in [5, 5.41) is 3.42. The lowest BCUT2D eigenvalue weighted by atomic mass is 10.1. The molecule has 1 amide bonds. The average Bonchev–Trinajstić information content (AvgIpc) is 2.48. The van der Waals surface area contributed by atoms with Crippen LogP contribution < -0.4 is 5.32 Å². The predicted molar refractivity (Wildman–Crippen MR) is 95.9 cm³/mol. The zero-order valence-electron chi connectivity index (χ0n) is 13.5. The van der Waals surface area contributed by atoms with Crippen molar-refractivity contribution in [1.29, 1.82) is 0 Å². The van der Waals surface area contributed by atoms with Crippen LogP contribution in [-0.2, 0) is 9.53 Å². The van der Waals surface area contributed by atoms with E-state index in [9.17, 15) is 9.59 Å². The lowest BCUT2D eigenvalue weighted by Gasteiger charge is -2.15. The number of carbonyl (C=O) groups excluding carboxylic acids is 2. The Balaban J connectivity index is 2.05. The quantitative estimate of drug-likeness (QED) is 0.792. The van der Waals surface area contributed by atoms with Gasteiger partial charge in [-0.15, -0.1) is 0 Å². The second-order valence-electron chi connectivity index (χ2n) is 5.51. The van der Waals surface area contributed by atoms with E-state index in [0.29, 0.717) is 21.3 Å². The fourth-order valence-corrected chi connectivity index (χ4v) is 2.63. The van der Waals surface area contributed by atoms with Gasteiger partial charge in [-0.05, 0) is 50.6 Å². The maximum Gasteiger partial charge on any atom is 0.339 e. The zero-order chi connectivity index (χ0) is 17.9. The van der Waals surface area contributed by atoms with Crippen LogP contribution in [0.4, 0.5) is 5.69 Å². The van der Waals surface area contributed by atoms with Crippen molar-refractivity contribution in [1.82, 2.24) is 0 Å². The highest BCUT2D eigenvalue weighted by Crippen LogP contribution is 2.22. The summed E-state index contributed by atoms with van der Waals surface area (Å²) in [5.74, 6) is -1.00. The van der Waals surface area contributed by atoms with E-state index >= 15 is 0 Å². The molecular weight excluding hydrogens is 349 g/mol. The van der Waals surface area contributed by atoms with E-state index in [1.54, 1.807) is 24.3 Å². The van der Waals surface area contributed by atoms with Crippen LogP contribution in [-0.4, -0.2) is 18.0 Å². The Labute approximate surface area is 150 Å². The van der Waals surface area contributed by atoms with Crippen LogP contribution in [0.5, 0.6) is 0 Å². The number of benzene rings is 2. The normalized spacial score (nSPS) is 11.7. The smallest absolute Gasteiger partial charge is 0.339 e. The molecule has 2 aromatic carbocycles. The SMILES string of the molecule is Cc1ccc(C)c(C(=O)O[C@H](C)C(=O)Nc2cc(Cl)cc(Cl)c2)c1. The molecule has 126 valence electrons. The van der Waals surface area contributed by atoms with Gasteiger partial charge < -0.3 is 10.1 Å². The van der Waals surface area contributed by atoms with Gasteiger partial charge in [-0.2, -0.15) is 0 Å². The number of halogens is 2. The van der Waals surface area contributed by atoms with E-state index in [4.69, 9.17) is 27.9 Å². The Morgan fingerprint density at radius 2 is 1.67 bits per heavy atom. The Morgan fingerprint density at radius 3 is 2.29 bits per heavy atom. The minimum Gasteiger partial charge on any atom is -0.449 e. The van der Waals surface area contributed by atoms with Crippen molar-refractivity contribution in [2.24, 2.45) is 0 Å². The third kappa shape index (κ3) is 4.73. The first-order valence-electron chi connectivity index (χ1n) is 7.31. The number of amides is 1. The van der Waals surface area contributed by atoms with Gasteiger partial charge in [0.25, 0.3) is 5.91 Å². The number of anilines is 1. The van der Waals surface area contributed by atoms with E-state index in [1.807, 2.05) is 26.0 Å². The van der Waals surface area contributed by atoms with Gasteiger partial charge in [-0.3, -0.25) is 4.79 Å². The first kappa shape index (κ1) is 18.3. The molecule has 0 aliphatic heterocycles. The maximum absolute atomic E-state index is 12.2. The lowest BCUT2D eigenvalue weighted by Crippen LogP contribution is -2.30. The third-order valence-corrected chi connectivity index (χ3v) is 3.83. The first-order chi connectivity index (χ1) is 11.3. The van der Waals surface area contributed by atoms with Crippen molar-refractivity contribution in [2.75, 3.05) is 5.32 Å². The summed E-state index contributed by atoms with van der Waals surface area (Å²) in [6.07, 6.45) is -0.963. The molecule has 0 bridgehead atoms. The Bertz CT molecular complexity index is 770. The summed E-state index contributed by atoms with van der Waals surface area (Å²) >= 11 is 11.8. The molecule has 0 heterocycles. The Morgan fingerprint density at radius 1 is 1.04 bits per heavy atom. The highest BCUT2D eigenvalue weighted by atomic mass is 35.5. The molecule has 2 rings (SSSR count). The molecule has 2 aromatic rings. The number of rotatable bonds is 4. The van der Waals surface area contributed by atoms with Crippen LogP contribution in [0.25, 0.3) is 0 Å². The molecule has 0 aromatic heterocycles. The van der Waals surface area contributed by atoms with Crippen LogP contribution in [0.1, 0.15) is 28.4 Å². The summed E-state index contributed by atoms with van der Waals surface area (Å²) in [4.78, 5) is 24.4. The number of aryl methyl sites for hydroxylation is 2. The molecule has 1 atom stereocenters. The fraction of sp³-hybridized carbons (Fsp3) is 0.222. The van der Waals surface area contributed by atoms with Crippen LogP contribution in [0.3, 0.4) is 0 Å². The molecule has 0 aliphatic rings. The van der Waals surface area contributed by atoms with Gasteiger partial charge >= 0.3 is 5.97 Å². The number of hydrogen-bond donors (Lipinski definition) is 1. The summed E-state index contributed by atoms with van der Waals surface area (Å²) in [5.41, 5.74) is 2.62. The van der Waals surface area contributed by atoms with Crippen LogP contribution in [0.15, 0.2) is 36.4 Å². The van der Waals surface area contributed by atoms with Gasteiger partial charge in [0.15, 0.2) is 6.10 Å². The highest BCUT2D eigenvalue weighted by Gasteiger charge is 2.20. The van der Waals surface area contributed by atoms with E-state index in [2.05, 4.69) is 5.32 Å². The molecule has 0 fully saturated rings. The van der Waals surface area contributed by atoms with Crippen molar-refractivity contribution in [3.63, 3.8) is 0 Å². The molecule has 24 heavy (non-hydrogen) atoms. The number of esters is 1. The fourth-order valence-electron chi connectivity index (χ4n) is 2.10. The van der Waals surface area contributed by atoms with Gasteiger partial charge in [0.05, 0.1) is 5.56 Å². The second kappa shape index (κ2) is 7.69. The minimum atomic E-state index is -0.963. The van der Waals surface area contributed by atoms with Gasteiger partial charge in [-0.1, -0.05) is 40.9 Å². The van der Waals surface area contributed by atoms with E-state index in [0.717, 1.165) is 11.1 Å². The molecule has 0 radical (unpaired) electrons. The van der Waals surface area contributed by atoms with E-state index < -0.39 is 18.0 Å². The number of nitrogens with one attached hydrogen (secondary N) is 1. The molecule has 0 spiro atoms. The minimum absolute atomic E-state index is 0.401. The summed E-state index contributed by atoms with van der Waals surface area (Å²) in [6.45, 7) is 5.20. The number of carbonyl (C=O) groups is 2. The molecule has 0 unspecified atom stereocenters. The lowest BCUT2D eigenvalue weighted by molar-refractivity contribution is -0.123. The average molecular weight is 366 g/mol. The van der Waals surface area contributed by atoms with E-state index in [-0.39, 0.29) is 0 Å². The molecular formula is C18H17Cl2NO3. The van der Waals surface area contributed by atoms with Crippen LogP contribution in [0.2, 0.25) is 10.0 Å². The van der Waals surface area contributed by atoms with Crippen LogP contribution in [0, 0.1) is 13.8 Å². The number of hydrogen-bond acceptors (Lipinski definition) is 3. The van der Waals surface area contributed by atoms with Gasteiger partial charge in [0.1, 0.15) is 0 Å². The largest absolute Gasteiger partial charge is 0.449 e. The molecule has 0 saturated heterocycles. The molecule has 4 nitrogen and oxygen atoms in total. The van der Waals surface area contributed by atoms with Crippen molar-refractivity contribution >= 4 is 40.8 Å². The topological polar surface area (TPSA) is 55.4 Å². The van der Waals surface area contributed by atoms with Gasteiger partial charge in [-0.25, -0.2) is 4.79 Å². The summed E-state index contributed by atoms with van der Waals surface area (Å²) in [6, 6.07) is 10.2. The molecule has 6 heteroatoms. The summed E-state index contributed by atoms with van der Waals surface area (Å²) in [7, 11) is 0. The van der Waals surface area contributed by atoms with Crippen LogP contribution >= 0.6 is 23.2 Å². The standard InChI is InChI=1S/C18H17Cl2NO3/c1-10-4-5-11(2)16(6-10)18(23)24-12(3)17(22)21-15-8-13(19)7-14(20)9-15/h4-9,12H,1-3H3,(H,21,22)/t12-/m1/s1. The first-order valence-corrected chi connectivity index (χ1v) is 8.07. The summed E-state index contributed by atoms with van der Waals surface area (Å²) < 4.78 is 5.25. The molecule has 0 aliphatic carbocycles. The van der Waals surface area contributed by atoms with Crippen molar-refractivity contribution in [3.8, 4) is 0 Å². The van der Waals surface area contributed by atoms with Crippen molar-refractivity contribution < 1.29 is 14.3 Å². The Hall–Kier alpha value is -2.04. The molecule has 0 saturated carbocycles. The third-order valence-electron chi connectivity index (χ3n) is 3.40.